The number of benzene rings is 12. The number of nitro benzene ring substituents is 4. The molecule has 0 saturated carbocycles. The van der Waals surface area contributed by atoms with Crippen molar-refractivity contribution in [1.82, 2.24) is 0 Å². The summed E-state index contributed by atoms with van der Waals surface area (Å²) in [7, 11) is 4.68. The van der Waals surface area contributed by atoms with E-state index in [1.165, 1.54) is 44.0 Å². The zero-order valence-electron chi connectivity index (χ0n) is 74.1. The Bertz CT molecular complexity index is 6830. The van der Waals surface area contributed by atoms with Gasteiger partial charge in [-0.15, -0.1) is 0 Å². The lowest BCUT2D eigenvalue weighted by Crippen LogP contribution is -2.59. The first-order valence-electron chi connectivity index (χ1n) is 43.0. The summed E-state index contributed by atoms with van der Waals surface area (Å²) < 4.78 is 45.9. The second kappa shape index (κ2) is 30.4. The molecular weight excluding hydrogens is 1630 g/mol. The van der Waals surface area contributed by atoms with Gasteiger partial charge in [-0.2, -0.15) is 0 Å². The smallest absolute Gasteiger partial charge is 0.274 e. The van der Waals surface area contributed by atoms with Crippen molar-refractivity contribution in [3.63, 3.8) is 0 Å². The molecule has 0 N–H and O–H groups in total. The van der Waals surface area contributed by atoms with Gasteiger partial charge in [-0.1, -0.05) is 152 Å². The summed E-state index contributed by atoms with van der Waals surface area (Å²) in [6, 6.07) is 75.9. The Morgan fingerprint density at radius 2 is 0.558 bits per heavy atom. The van der Waals surface area contributed by atoms with Crippen molar-refractivity contribution in [2.45, 2.75) is 147 Å². The third-order valence-corrected chi connectivity index (χ3v) is 28.2. The van der Waals surface area contributed by atoms with Gasteiger partial charge in [0.1, 0.15) is 17.2 Å². The van der Waals surface area contributed by atoms with Crippen LogP contribution in [0.5, 0.6) is 40.2 Å². The maximum Gasteiger partial charge on any atom is 0.274 e. The second-order valence-corrected chi connectivity index (χ2v) is 36.5. The third kappa shape index (κ3) is 12.9. The highest BCUT2D eigenvalue weighted by Gasteiger charge is 2.64. The Hall–Kier alpha value is -15.0. The number of hydrogen-bond donors (Lipinski definition) is 0. The molecule has 0 aliphatic carbocycles. The summed E-state index contributed by atoms with van der Waals surface area (Å²) in [6.45, 7) is 25.3. The monoisotopic (exact) mass is 1720 g/mol. The molecule has 0 radical (unpaired) electrons. The lowest BCUT2D eigenvalue weighted by Gasteiger charge is -2.47. The molecule has 650 valence electrons. The van der Waals surface area contributed by atoms with E-state index < -0.39 is 54.4 Å². The van der Waals surface area contributed by atoms with E-state index in [1.54, 1.807) is 31.4 Å². The minimum atomic E-state index is -1.03. The zero-order chi connectivity index (χ0) is 90.6. The van der Waals surface area contributed by atoms with Gasteiger partial charge in [-0.3, -0.25) is 40.5 Å². The summed E-state index contributed by atoms with van der Waals surface area (Å²) in [5.74, 6) is 3.52. The lowest BCUT2D eigenvalue weighted by molar-refractivity contribution is -0.385. The van der Waals surface area contributed by atoms with Crippen molar-refractivity contribution in [3.8, 4) is 62.5 Å². The largest absolute Gasteiger partial charge is 0.496 e. The highest BCUT2D eigenvalue weighted by Crippen LogP contribution is 2.63. The summed E-state index contributed by atoms with van der Waals surface area (Å²) in [5.41, 5.74) is 16.5. The number of ether oxygens (including phenoxy) is 7. The Morgan fingerprint density at radius 1 is 0.295 bits per heavy atom. The van der Waals surface area contributed by atoms with E-state index in [-0.39, 0.29) is 38.3 Å². The van der Waals surface area contributed by atoms with E-state index in [1.807, 2.05) is 92.8 Å². The van der Waals surface area contributed by atoms with Gasteiger partial charge in [-0.05, 0) is 233 Å². The van der Waals surface area contributed by atoms with E-state index in [0.717, 1.165) is 95.1 Å². The van der Waals surface area contributed by atoms with Crippen LogP contribution in [0.25, 0.3) is 46.6 Å². The van der Waals surface area contributed by atoms with Gasteiger partial charge in [0.2, 0.25) is 22.9 Å². The summed E-state index contributed by atoms with van der Waals surface area (Å²) in [4.78, 5) is 54.6. The number of para-hydroxylation sites is 4. The molecule has 20 rings (SSSR count). The minimum Gasteiger partial charge on any atom is -0.496 e. The Morgan fingerprint density at radius 3 is 0.860 bits per heavy atom. The fraction of sp³-hybridized carbons (Fsp3) is 0.245. The van der Waals surface area contributed by atoms with E-state index >= 15 is 0 Å². The zero-order valence-corrected chi connectivity index (χ0v) is 74.1. The Kier molecular flexibility index (Phi) is 19.7. The van der Waals surface area contributed by atoms with Crippen molar-refractivity contribution in [1.29, 1.82) is 0 Å². The van der Waals surface area contributed by atoms with Crippen molar-refractivity contribution in [2.24, 2.45) is 0 Å². The van der Waals surface area contributed by atoms with E-state index in [2.05, 4.69) is 234 Å². The molecule has 12 aromatic rings. The van der Waals surface area contributed by atoms with Crippen LogP contribution in [0, 0.1) is 61.2 Å². The van der Waals surface area contributed by atoms with Gasteiger partial charge in [0.15, 0.2) is 23.0 Å². The van der Waals surface area contributed by atoms with Gasteiger partial charge in [-0.25, -0.2) is 0 Å². The predicted molar refractivity (Wildman–Crippen MR) is 502 cm³/mol. The normalized spacial score (nSPS) is 20.2. The van der Waals surface area contributed by atoms with Crippen molar-refractivity contribution in [2.75, 3.05) is 40.9 Å². The molecule has 8 heterocycles. The fourth-order valence-corrected chi connectivity index (χ4v) is 21.0. The molecule has 23 heteroatoms. The molecular formula is C106H96N8O15. The molecule has 8 aliphatic heterocycles. The molecule has 0 amide bonds. The molecule has 0 bridgehead atoms. The van der Waals surface area contributed by atoms with Crippen molar-refractivity contribution >= 4 is 69.8 Å². The maximum atomic E-state index is 11.8. The SMILES string of the molecule is COc1cc(CN2c3ccccc3C(C)(C)C23C=Cc2cc([N+](=O)[O-])cc(OC)c2O3)c(C)cc1CN1c2ccccc2C(C)(C)C12C=Cc1cc([N+](=O)[O-])cc(C)c1O2.COc1cc([N+](=O)[O-])cc2c1OC1(C=C2)N(Cc2ccc(-c3ccc(-c4ccc(CN5c6ccccc6C(C)(C)C56C=Cc5cc([N+](=O)[O-])cc(C)c5O6)cc4)cc3)cc2)c2ccccc2C1(C)C. The van der Waals surface area contributed by atoms with Crippen LogP contribution >= 0.6 is 0 Å². The number of anilines is 4. The van der Waals surface area contributed by atoms with Crippen LogP contribution in [0.1, 0.15) is 139 Å². The Labute approximate surface area is 747 Å². The number of fused-ring (bicyclic) bond motifs is 8. The first-order valence-corrected chi connectivity index (χ1v) is 43.0. The number of methoxy groups -OCH3 is 3. The van der Waals surface area contributed by atoms with Crippen LogP contribution in [0.3, 0.4) is 0 Å². The van der Waals surface area contributed by atoms with Gasteiger partial charge in [0.25, 0.3) is 22.7 Å². The van der Waals surface area contributed by atoms with Crippen LogP contribution in [0.2, 0.25) is 0 Å². The molecule has 4 spiro atoms. The number of rotatable bonds is 17. The second-order valence-electron chi connectivity index (χ2n) is 36.5. The summed E-state index contributed by atoms with van der Waals surface area (Å²) >= 11 is 0. The van der Waals surface area contributed by atoms with Gasteiger partial charge >= 0.3 is 0 Å². The average Bonchev–Trinajstić information content (AvgIpc) is 1.56. The molecule has 0 saturated heterocycles. The summed E-state index contributed by atoms with van der Waals surface area (Å²) in [6.07, 6.45) is 15.9. The number of hydrogen-bond acceptors (Lipinski definition) is 19. The van der Waals surface area contributed by atoms with Crippen molar-refractivity contribution in [3.05, 3.63) is 379 Å². The third-order valence-electron chi connectivity index (χ3n) is 28.2. The van der Waals surface area contributed by atoms with Crippen LogP contribution < -0.4 is 52.8 Å². The van der Waals surface area contributed by atoms with E-state index in [9.17, 15) is 40.5 Å². The lowest BCUT2D eigenvalue weighted by atomic mass is 9.76. The highest BCUT2D eigenvalue weighted by atomic mass is 16.6. The number of aryl methyl sites for hydroxylation is 3. The molecule has 23 nitrogen and oxygen atoms in total. The first-order chi connectivity index (χ1) is 61.7. The van der Waals surface area contributed by atoms with E-state index in [4.69, 9.17) is 33.2 Å². The van der Waals surface area contributed by atoms with Gasteiger partial charge in [0, 0.05) is 107 Å². The summed E-state index contributed by atoms with van der Waals surface area (Å²) in [5, 5.41) is 47.0. The van der Waals surface area contributed by atoms with Crippen LogP contribution in [0.15, 0.2) is 255 Å². The van der Waals surface area contributed by atoms with Crippen molar-refractivity contribution < 1.29 is 52.9 Å². The van der Waals surface area contributed by atoms with Crippen LogP contribution in [-0.4, -0.2) is 63.9 Å². The first kappa shape index (κ1) is 83.5. The average molecular weight is 1720 g/mol. The predicted octanol–water partition coefficient (Wildman–Crippen LogP) is 23.7. The van der Waals surface area contributed by atoms with Gasteiger partial charge < -0.3 is 52.8 Å². The molecule has 0 aromatic heterocycles. The molecule has 8 aliphatic rings. The van der Waals surface area contributed by atoms with Crippen LogP contribution in [-0.2, 0) is 47.8 Å². The molecule has 0 fully saturated rings. The van der Waals surface area contributed by atoms with Gasteiger partial charge in [0.05, 0.1) is 81.4 Å². The number of nitrogens with zero attached hydrogens (tertiary/aromatic N) is 8. The number of nitro groups is 4. The maximum absolute atomic E-state index is 11.8. The van der Waals surface area contributed by atoms with E-state index in [0.29, 0.717) is 88.5 Å². The fourth-order valence-electron chi connectivity index (χ4n) is 21.0. The topological polar surface area (TPSA) is 250 Å². The molecule has 4 unspecified atom stereocenters. The molecule has 12 aromatic carbocycles. The van der Waals surface area contributed by atoms with Crippen LogP contribution in [0.4, 0.5) is 45.5 Å². The standard InChI is InChI=1S/C58H50N4O7.C48H46N4O8/c1-37-31-46(61(63)64)32-44-27-29-57(68-53(37)44)55(2,3)48-11-7-9-13-50(48)59(57)35-38-15-19-40(20-16-38)42-23-25-43(26-24-42)41-21-17-39(18-22-41)36-60-51-14-10-8-12-49(51)56(4,5)58(60)30-28-45-33-47(62(65)66)34-52(67-6)54(45)69-58;1-29-21-34(28-50-40-16-12-10-14-38(40)45(3,4)47(50)19-17-31-23-35(51(53)54)22-30(2)43(31)59-47)41(57-7)25-33(29)27-49-39-15-11-9-13-37(39)46(5,6)48(49)20-18-32-24-36(52(55)56)26-42(58-8)44(32)60-48/h7-34H,35-36H2,1-6H3;9-26H,27-28H2,1-8H3. The molecule has 4 atom stereocenters. The Balaban J connectivity index is 0.000000169. The highest BCUT2D eigenvalue weighted by molar-refractivity contribution is 5.82. The minimum absolute atomic E-state index is 0.0235. The molecule has 129 heavy (non-hydrogen) atoms. The quantitative estimate of drug-likeness (QED) is 0.0607. The number of non-ortho nitro benzene ring substituents is 4.